The van der Waals surface area contributed by atoms with Gasteiger partial charge in [0.1, 0.15) is 0 Å². The van der Waals surface area contributed by atoms with Crippen LogP contribution in [0.2, 0.25) is 0 Å². The molecule has 1 aromatic carbocycles. The molecule has 0 aliphatic heterocycles. The maximum absolute atomic E-state index is 12.7. The lowest BCUT2D eigenvalue weighted by molar-refractivity contribution is 0.102. The summed E-state index contributed by atoms with van der Waals surface area (Å²) in [6, 6.07) is 9.72. The van der Waals surface area contributed by atoms with E-state index in [0.29, 0.717) is 12.2 Å². The van der Waals surface area contributed by atoms with Gasteiger partial charge < -0.3 is 15.3 Å². The molecule has 0 bridgehead atoms. The van der Waals surface area contributed by atoms with E-state index in [1.807, 2.05) is 24.1 Å². The molecule has 1 aromatic heterocycles. The van der Waals surface area contributed by atoms with Gasteiger partial charge in [0.15, 0.2) is 0 Å². The van der Waals surface area contributed by atoms with Crippen molar-refractivity contribution in [2.75, 3.05) is 30.4 Å². The summed E-state index contributed by atoms with van der Waals surface area (Å²) in [6.07, 6.45) is 1.19. The van der Waals surface area contributed by atoms with Crippen molar-refractivity contribution in [1.82, 2.24) is 4.98 Å². The third-order valence-electron chi connectivity index (χ3n) is 2.99. The average molecular weight is 289 g/mol. The van der Waals surface area contributed by atoms with Gasteiger partial charge in [-0.1, -0.05) is 0 Å². The number of aromatic nitrogens is 1. The van der Waals surface area contributed by atoms with Crippen LogP contribution in [-0.2, 0) is 0 Å². The number of nitrogens with one attached hydrogen (secondary N) is 1. The lowest BCUT2D eigenvalue weighted by Gasteiger charge is -2.18. The van der Waals surface area contributed by atoms with E-state index in [2.05, 4.69) is 10.3 Å². The Morgan fingerprint density at radius 1 is 1.29 bits per heavy atom. The number of aliphatic hydroxyl groups excluding tert-OH is 1. The van der Waals surface area contributed by atoms with E-state index in [4.69, 9.17) is 5.11 Å². The number of carbonyl (C=O) groups is 1. The Bertz CT molecular complexity index is 599. The fourth-order valence-corrected chi connectivity index (χ4v) is 1.79. The summed E-state index contributed by atoms with van der Waals surface area (Å²) in [5.41, 5.74) is 1.86. The average Bonchev–Trinajstić information content (AvgIpc) is 2.49. The lowest BCUT2D eigenvalue weighted by atomic mass is 10.2. The Labute approximate surface area is 122 Å². The maximum Gasteiger partial charge on any atom is 0.257 e. The van der Waals surface area contributed by atoms with Crippen molar-refractivity contribution in [2.45, 2.75) is 0 Å². The number of hydrogen-bond acceptors (Lipinski definition) is 4. The monoisotopic (exact) mass is 289 g/mol. The molecule has 2 rings (SSSR count). The van der Waals surface area contributed by atoms with E-state index in [9.17, 15) is 9.18 Å². The third-order valence-corrected chi connectivity index (χ3v) is 2.99. The predicted molar refractivity (Wildman–Crippen MR) is 78.9 cm³/mol. The number of pyridine rings is 1. The standard InChI is InChI=1S/C15H16FN3O2/c1-19(8-9-20)13-5-3-12(4-6-13)18-15(21)11-2-7-14(16)17-10-11/h2-7,10,20H,8-9H2,1H3,(H,18,21). The highest BCUT2D eigenvalue weighted by atomic mass is 19.1. The fourth-order valence-electron chi connectivity index (χ4n) is 1.79. The second-order valence-electron chi connectivity index (χ2n) is 4.52. The number of benzene rings is 1. The quantitative estimate of drug-likeness (QED) is 0.825. The molecular weight excluding hydrogens is 273 g/mol. The zero-order valence-corrected chi connectivity index (χ0v) is 11.6. The number of carbonyl (C=O) groups excluding carboxylic acids is 1. The molecular formula is C15H16FN3O2. The number of halogens is 1. The number of anilines is 2. The predicted octanol–water partition coefficient (Wildman–Crippen LogP) is 1.90. The highest BCUT2D eigenvalue weighted by molar-refractivity contribution is 6.04. The lowest BCUT2D eigenvalue weighted by Crippen LogP contribution is -2.21. The van der Waals surface area contributed by atoms with Crippen molar-refractivity contribution in [3.63, 3.8) is 0 Å². The van der Waals surface area contributed by atoms with Gasteiger partial charge in [-0.05, 0) is 36.4 Å². The first-order chi connectivity index (χ1) is 10.1. The van der Waals surface area contributed by atoms with Crippen LogP contribution in [0.5, 0.6) is 0 Å². The molecule has 2 aromatic rings. The molecule has 0 saturated carbocycles. The van der Waals surface area contributed by atoms with E-state index < -0.39 is 5.95 Å². The van der Waals surface area contributed by atoms with Gasteiger partial charge in [0.2, 0.25) is 5.95 Å². The van der Waals surface area contributed by atoms with E-state index in [1.165, 1.54) is 12.3 Å². The molecule has 0 radical (unpaired) electrons. The molecule has 1 amide bonds. The zero-order chi connectivity index (χ0) is 15.2. The SMILES string of the molecule is CN(CCO)c1ccc(NC(=O)c2ccc(F)nc2)cc1. The minimum Gasteiger partial charge on any atom is -0.395 e. The number of nitrogens with zero attached hydrogens (tertiary/aromatic N) is 2. The minimum atomic E-state index is -0.622. The molecule has 0 aliphatic carbocycles. The van der Waals surface area contributed by atoms with E-state index in [1.54, 1.807) is 12.1 Å². The first kappa shape index (κ1) is 14.9. The number of amides is 1. The van der Waals surface area contributed by atoms with Crippen LogP contribution in [0.25, 0.3) is 0 Å². The molecule has 0 unspecified atom stereocenters. The van der Waals surface area contributed by atoms with Crippen molar-refractivity contribution in [1.29, 1.82) is 0 Å². The largest absolute Gasteiger partial charge is 0.395 e. The number of aliphatic hydroxyl groups is 1. The van der Waals surface area contributed by atoms with Crippen molar-refractivity contribution in [3.05, 3.63) is 54.1 Å². The molecule has 0 fully saturated rings. The molecule has 0 saturated heterocycles. The van der Waals surface area contributed by atoms with Crippen LogP contribution in [0.3, 0.4) is 0 Å². The van der Waals surface area contributed by atoms with Crippen LogP contribution in [-0.4, -0.2) is 36.2 Å². The van der Waals surface area contributed by atoms with Crippen molar-refractivity contribution in [3.8, 4) is 0 Å². The Kier molecular flexibility index (Phi) is 4.84. The van der Waals surface area contributed by atoms with Gasteiger partial charge in [-0.15, -0.1) is 0 Å². The third kappa shape index (κ3) is 4.00. The molecule has 0 atom stereocenters. The Morgan fingerprint density at radius 2 is 2.00 bits per heavy atom. The summed E-state index contributed by atoms with van der Waals surface area (Å²) < 4.78 is 12.7. The van der Waals surface area contributed by atoms with Crippen LogP contribution in [0.1, 0.15) is 10.4 Å². The molecule has 0 aliphatic rings. The van der Waals surface area contributed by atoms with Crippen LogP contribution < -0.4 is 10.2 Å². The minimum absolute atomic E-state index is 0.0759. The molecule has 110 valence electrons. The van der Waals surface area contributed by atoms with Gasteiger partial charge in [-0.2, -0.15) is 4.39 Å². The summed E-state index contributed by atoms with van der Waals surface area (Å²) in [6.45, 7) is 0.611. The van der Waals surface area contributed by atoms with Crippen LogP contribution >= 0.6 is 0 Å². The Balaban J connectivity index is 2.03. The van der Waals surface area contributed by atoms with E-state index in [-0.39, 0.29) is 18.1 Å². The second-order valence-corrected chi connectivity index (χ2v) is 4.52. The molecule has 1 heterocycles. The van der Waals surface area contributed by atoms with E-state index in [0.717, 1.165) is 11.8 Å². The molecule has 6 heteroatoms. The second kappa shape index (κ2) is 6.81. The van der Waals surface area contributed by atoms with Gasteiger partial charge in [-0.3, -0.25) is 4.79 Å². The topological polar surface area (TPSA) is 65.5 Å². The van der Waals surface area contributed by atoms with Crippen LogP contribution in [0, 0.1) is 5.95 Å². The molecule has 2 N–H and O–H groups in total. The zero-order valence-electron chi connectivity index (χ0n) is 11.6. The smallest absolute Gasteiger partial charge is 0.257 e. The molecule has 21 heavy (non-hydrogen) atoms. The summed E-state index contributed by atoms with van der Waals surface area (Å²) >= 11 is 0. The van der Waals surface area contributed by atoms with Crippen molar-refractivity contribution < 1.29 is 14.3 Å². The summed E-state index contributed by atoms with van der Waals surface area (Å²) in [5.74, 6) is -0.971. The summed E-state index contributed by atoms with van der Waals surface area (Å²) in [4.78, 5) is 17.3. The number of rotatable bonds is 5. The molecule has 5 nitrogen and oxygen atoms in total. The van der Waals surface area contributed by atoms with E-state index >= 15 is 0 Å². The number of hydrogen-bond donors (Lipinski definition) is 2. The van der Waals surface area contributed by atoms with Crippen LogP contribution in [0.15, 0.2) is 42.6 Å². The van der Waals surface area contributed by atoms with Crippen molar-refractivity contribution >= 4 is 17.3 Å². The van der Waals surface area contributed by atoms with Gasteiger partial charge in [0, 0.05) is 31.2 Å². The fraction of sp³-hybridized carbons (Fsp3) is 0.200. The van der Waals surface area contributed by atoms with Crippen LogP contribution in [0.4, 0.5) is 15.8 Å². The maximum atomic E-state index is 12.7. The first-order valence-corrected chi connectivity index (χ1v) is 6.45. The summed E-state index contributed by atoms with van der Waals surface area (Å²) in [7, 11) is 1.87. The highest BCUT2D eigenvalue weighted by Crippen LogP contribution is 2.17. The Hall–Kier alpha value is -2.47. The Morgan fingerprint density at radius 3 is 2.57 bits per heavy atom. The number of likely N-dealkylation sites (N-methyl/N-ethyl adjacent to an activating group) is 1. The highest BCUT2D eigenvalue weighted by Gasteiger charge is 2.07. The normalized spacial score (nSPS) is 10.2. The van der Waals surface area contributed by atoms with Gasteiger partial charge in [-0.25, -0.2) is 4.98 Å². The van der Waals surface area contributed by atoms with Crippen molar-refractivity contribution in [2.24, 2.45) is 0 Å². The molecule has 0 spiro atoms. The van der Waals surface area contributed by atoms with Gasteiger partial charge >= 0.3 is 0 Å². The first-order valence-electron chi connectivity index (χ1n) is 6.45. The van der Waals surface area contributed by atoms with Gasteiger partial charge in [0.05, 0.1) is 12.2 Å². The summed E-state index contributed by atoms with van der Waals surface area (Å²) in [5, 5.41) is 11.6. The van der Waals surface area contributed by atoms with Gasteiger partial charge in [0.25, 0.3) is 5.91 Å².